The van der Waals surface area contributed by atoms with Crippen LogP contribution in [-0.2, 0) is 4.74 Å². The maximum atomic E-state index is 5.94. The summed E-state index contributed by atoms with van der Waals surface area (Å²) in [6, 6.07) is 8.37. The summed E-state index contributed by atoms with van der Waals surface area (Å²) >= 11 is 0. The van der Waals surface area contributed by atoms with E-state index in [0.717, 1.165) is 12.3 Å². The summed E-state index contributed by atoms with van der Waals surface area (Å²) in [6.07, 6.45) is 0.270. The number of nitrogens with one attached hydrogen (secondary N) is 1. The van der Waals surface area contributed by atoms with Crippen molar-refractivity contribution in [3.63, 3.8) is 0 Å². The largest absolute Gasteiger partial charge is 0.497 e. The number of ether oxygens (including phenoxy) is 2. The van der Waals surface area contributed by atoms with E-state index >= 15 is 0 Å². The highest BCUT2D eigenvalue weighted by molar-refractivity contribution is 5.30. The Labute approximate surface area is 117 Å². The molecule has 0 spiro atoms. The van der Waals surface area contributed by atoms with Gasteiger partial charge in [-0.05, 0) is 37.1 Å². The predicted octanol–water partition coefficient (Wildman–Crippen LogP) is 3.41. The van der Waals surface area contributed by atoms with Gasteiger partial charge in [0, 0.05) is 0 Å². The van der Waals surface area contributed by atoms with E-state index in [1.807, 2.05) is 12.1 Å². The van der Waals surface area contributed by atoms with E-state index in [4.69, 9.17) is 9.47 Å². The molecular formula is C16H27NO2. The van der Waals surface area contributed by atoms with Crippen LogP contribution in [0.3, 0.4) is 0 Å². The van der Waals surface area contributed by atoms with Gasteiger partial charge in [0.2, 0.25) is 0 Å². The normalized spacial score (nSPS) is 14.4. The molecule has 1 aromatic rings. The maximum Gasteiger partial charge on any atom is 0.119 e. The van der Waals surface area contributed by atoms with Crippen LogP contribution in [0.15, 0.2) is 24.3 Å². The quantitative estimate of drug-likeness (QED) is 0.781. The van der Waals surface area contributed by atoms with Crippen molar-refractivity contribution in [2.75, 3.05) is 20.3 Å². The van der Waals surface area contributed by atoms with Crippen LogP contribution in [0.2, 0.25) is 0 Å². The van der Waals surface area contributed by atoms with Gasteiger partial charge in [-0.2, -0.15) is 0 Å². The molecule has 1 rings (SSSR count). The van der Waals surface area contributed by atoms with Gasteiger partial charge in [-0.3, -0.25) is 0 Å². The molecule has 1 aromatic carbocycles. The lowest BCUT2D eigenvalue weighted by atomic mass is 10.1. The average Bonchev–Trinajstić information content (AvgIpc) is 2.42. The molecule has 3 heteroatoms. The van der Waals surface area contributed by atoms with Crippen LogP contribution in [0.5, 0.6) is 5.75 Å². The second-order valence-corrected chi connectivity index (χ2v) is 5.17. The minimum atomic E-state index is 0.210. The first-order chi connectivity index (χ1) is 9.08. The van der Waals surface area contributed by atoms with Gasteiger partial charge in [-0.1, -0.05) is 32.9 Å². The highest BCUT2D eigenvalue weighted by atomic mass is 16.5. The molecule has 0 aliphatic carbocycles. The molecule has 2 unspecified atom stereocenters. The third-order valence-electron chi connectivity index (χ3n) is 3.41. The summed E-state index contributed by atoms with van der Waals surface area (Å²) in [7, 11) is 1.69. The van der Waals surface area contributed by atoms with Crippen molar-refractivity contribution >= 4 is 0 Å². The van der Waals surface area contributed by atoms with E-state index in [9.17, 15) is 0 Å². The van der Waals surface area contributed by atoms with Gasteiger partial charge in [-0.25, -0.2) is 0 Å². The van der Waals surface area contributed by atoms with Crippen molar-refractivity contribution in [3.8, 4) is 5.75 Å². The van der Waals surface area contributed by atoms with Crippen LogP contribution in [0, 0.1) is 5.92 Å². The molecule has 0 aromatic heterocycles. The van der Waals surface area contributed by atoms with Gasteiger partial charge < -0.3 is 14.8 Å². The fraction of sp³-hybridized carbons (Fsp3) is 0.625. The number of hydrogen-bond acceptors (Lipinski definition) is 3. The molecule has 0 saturated heterocycles. The second-order valence-electron chi connectivity index (χ2n) is 5.17. The first-order valence-electron chi connectivity index (χ1n) is 7.07. The Bertz CT molecular complexity index is 366. The lowest BCUT2D eigenvalue weighted by Crippen LogP contribution is -2.28. The molecule has 0 amide bonds. The summed E-state index contributed by atoms with van der Waals surface area (Å²) in [4.78, 5) is 0. The zero-order chi connectivity index (χ0) is 14.3. The molecule has 1 N–H and O–H groups in total. The Balaban J connectivity index is 2.70. The minimum Gasteiger partial charge on any atom is -0.497 e. The molecule has 0 aliphatic rings. The van der Waals surface area contributed by atoms with Crippen molar-refractivity contribution in [1.29, 1.82) is 0 Å². The number of methoxy groups -OCH3 is 1. The molecule has 2 atom stereocenters. The molecule has 0 saturated carbocycles. The topological polar surface area (TPSA) is 30.5 Å². The summed E-state index contributed by atoms with van der Waals surface area (Å²) in [5.41, 5.74) is 1.21. The van der Waals surface area contributed by atoms with Crippen LogP contribution < -0.4 is 10.1 Å². The molecule has 0 bridgehead atoms. The van der Waals surface area contributed by atoms with Crippen LogP contribution >= 0.6 is 0 Å². The molecule has 19 heavy (non-hydrogen) atoms. The zero-order valence-corrected chi connectivity index (χ0v) is 12.8. The fourth-order valence-corrected chi connectivity index (χ4v) is 1.82. The van der Waals surface area contributed by atoms with Crippen molar-refractivity contribution < 1.29 is 9.47 Å². The van der Waals surface area contributed by atoms with E-state index in [2.05, 4.69) is 45.1 Å². The van der Waals surface area contributed by atoms with Gasteiger partial charge in [0.1, 0.15) is 5.75 Å². The zero-order valence-electron chi connectivity index (χ0n) is 12.8. The van der Waals surface area contributed by atoms with Crippen molar-refractivity contribution in [3.05, 3.63) is 29.8 Å². The summed E-state index contributed by atoms with van der Waals surface area (Å²) in [5.74, 6) is 1.42. The van der Waals surface area contributed by atoms with Crippen molar-refractivity contribution in [1.82, 2.24) is 5.32 Å². The Kier molecular flexibility index (Phi) is 6.89. The van der Waals surface area contributed by atoms with Gasteiger partial charge in [-0.15, -0.1) is 0 Å². The lowest BCUT2D eigenvalue weighted by molar-refractivity contribution is 0.0220. The SMILES string of the molecule is CCNC(COC(C)C(C)C)c1cccc(OC)c1. The van der Waals surface area contributed by atoms with Crippen LogP contribution in [0.1, 0.15) is 39.3 Å². The maximum absolute atomic E-state index is 5.94. The van der Waals surface area contributed by atoms with Gasteiger partial charge in [0.05, 0.1) is 25.9 Å². The van der Waals surface area contributed by atoms with Crippen molar-refractivity contribution in [2.24, 2.45) is 5.92 Å². The van der Waals surface area contributed by atoms with Crippen LogP contribution in [0.25, 0.3) is 0 Å². The molecule has 0 heterocycles. The first-order valence-corrected chi connectivity index (χ1v) is 7.07. The monoisotopic (exact) mass is 265 g/mol. The van der Waals surface area contributed by atoms with E-state index in [1.165, 1.54) is 5.56 Å². The second kappa shape index (κ2) is 8.18. The number of likely N-dealkylation sites (N-methyl/N-ethyl adjacent to an activating group) is 1. The van der Waals surface area contributed by atoms with Crippen molar-refractivity contribution in [2.45, 2.75) is 39.8 Å². The molecule has 0 radical (unpaired) electrons. The van der Waals surface area contributed by atoms with Gasteiger partial charge in [0.15, 0.2) is 0 Å². The highest BCUT2D eigenvalue weighted by Crippen LogP contribution is 2.20. The van der Waals surface area contributed by atoms with E-state index in [-0.39, 0.29) is 12.1 Å². The Morgan fingerprint density at radius 2 is 1.95 bits per heavy atom. The fourth-order valence-electron chi connectivity index (χ4n) is 1.82. The smallest absolute Gasteiger partial charge is 0.119 e. The Morgan fingerprint density at radius 3 is 2.53 bits per heavy atom. The third-order valence-corrected chi connectivity index (χ3v) is 3.41. The lowest BCUT2D eigenvalue weighted by Gasteiger charge is -2.23. The van der Waals surface area contributed by atoms with E-state index < -0.39 is 0 Å². The van der Waals surface area contributed by atoms with E-state index in [0.29, 0.717) is 12.5 Å². The molecule has 108 valence electrons. The van der Waals surface area contributed by atoms with Gasteiger partial charge >= 0.3 is 0 Å². The van der Waals surface area contributed by atoms with Crippen LogP contribution in [0.4, 0.5) is 0 Å². The number of hydrogen-bond donors (Lipinski definition) is 1. The Morgan fingerprint density at radius 1 is 1.21 bits per heavy atom. The minimum absolute atomic E-state index is 0.210. The molecular weight excluding hydrogens is 238 g/mol. The predicted molar refractivity (Wildman–Crippen MR) is 79.7 cm³/mol. The summed E-state index contributed by atoms with van der Waals surface area (Å²) in [5, 5.41) is 3.46. The van der Waals surface area contributed by atoms with Crippen LogP contribution in [-0.4, -0.2) is 26.4 Å². The Hall–Kier alpha value is -1.06. The average molecular weight is 265 g/mol. The van der Waals surface area contributed by atoms with E-state index in [1.54, 1.807) is 7.11 Å². The molecule has 0 fully saturated rings. The number of rotatable bonds is 8. The number of benzene rings is 1. The first kappa shape index (κ1) is 16.0. The summed E-state index contributed by atoms with van der Waals surface area (Å²) < 4.78 is 11.2. The third kappa shape index (κ3) is 5.21. The highest BCUT2D eigenvalue weighted by Gasteiger charge is 2.14. The molecule has 3 nitrogen and oxygen atoms in total. The molecule has 0 aliphatic heterocycles. The standard InChI is InChI=1S/C16H27NO2/c1-6-17-16(11-19-13(4)12(2)3)14-8-7-9-15(10-14)18-5/h7-10,12-13,16-17H,6,11H2,1-5H3. The summed E-state index contributed by atoms with van der Waals surface area (Å²) in [6.45, 7) is 10.2. The van der Waals surface area contributed by atoms with Gasteiger partial charge in [0.25, 0.3) is 0 Å².